The predicted molar refractivity (Wildman–Crippen MR) is 135 cm³/mol. The van der Waals surface area contributed by atoms with Crippen molar-refractivity contribution in [3.8, 4) is 0 Å². The van der Waals surface area contributed by atoms with E-state index in [1.54, 1.807) is 26.0 Å². The molecule has 2 rings (SSSR count). The number of aliphatic hydroxyl groups excluding tert-OH is 1. The minimum Gasteiger partial charge on any atom is -0.367 e. The summed E-state index contributed by atoms with van der Waals surface area (Å²) in [5, 5.41) is 17.4. The number of rotatable bonds is 11. The zero-order chi connectivity index (χ0) is 26.0. The molecule has 2 aliphatic rings. The number of ether oxygens (including phenoxy) is 1. The van der Waals surface area contributed by atoms with Crippen molar-refractivity contribution in [2.45, 2.75) is 101 Å². The molecule has 0 aromatic carbocycles. The Morgan fingerprint density at radius 1 is 1.17 bits per heavy atom. The fraction of sp³-hybridized carbons (Fsp3) is 0.792. The van der Waals surface area contributed by atoms with Gasteiger partial charge in [0, 0.05) is 13.0 Å². The van der Waals surface area contributed by atoms with Gasteiger partial charge in [-0.2, -0.15) is 0 Å². The lowest BCUT2D eigenvalue weighted by Crippen LogP contribution is -2.61. The number of amides is 3. The van der Waals surface area contributed by atoms with E-state index in [4.69, 9.17) is 27.9 Å². The van der Waals surface area contributed by atoms with Gasteiger partial charge in [-0.25, -0.2) is 5.43 Å². The van der Waals surface area contributed by atoms with Gasteiger partial charge in [0.2, 0.25) is 11.8 Å². The molecule has 1 saturated carbocycles. The van der Waals surface area contributed by atoms with Crippen molar-refractivity contribution in [1.82, 2.24) is 21.1 Å². The molecule has 200 valence electrons. The first-order valence-corrected chi connectivity index (χ1v) is 13.2. The fourth-order valence-corrected chi connectivity index (χ4v) is 4.57. The molecule has 1 aliphatic heterocycles. The second-order valence-corrected chi connectivity index (χ2v) is 11.4. The number of alkyl halides is 2. The van der Waals surface area contributed by atoms with E-state index in [2.05, 4.69) is 16.1 Å². The van der Waals surface area contributed by atoms with E-state index in [9.17, 15) is 19.5 Å². The van der Waals surface area contributed by atoms with Crippen LogP contribution in [-0.4, -0.2) is 69.7 Å². The monoisotopic (exact) mass is 534 g/mol. The number of halogens is 2. The summed E-state index contributed by atoms with van der Waals surface area (Å²) in [6.45, 7) is 5.36. The molecular weight excluding hydrogens is 495 g/mol. The molecule has 4 atom stereocenters. The van der Waals surface area contributed by atoms with Crippen LogP contribution in [0.25, 0.3) is 0 Å². The maximum atomic E-state index is 13.2. The molecular formula is C24H40Cl2N4O5. The second-order valence-electron chi connectivity index (χ2n) is 9.59. The van der Waals surface area contributed by atoms with Crippen molar-refractivity contribution in [2.24, 2.45) is 5.92 Å². The normalized spacial score (nSPS) is 22.5. The van der Waals surface area contributed by atoms with Crippen molar-refractivity contribution in [2.75, 3.05) is 13.2 Å². The maximum absolute atomic E-state index is 13.2. The molecule has 0 radical (unpaired) electrons. The summed E-state index contributed by atoms with van der Waals surface area (Å²) in [6.07, 6.45) is 8.67. The van der Waals surface area contributed by atoms with Crippen molar-refractivity contribution in [1.29, 1.82) is 0 Å². The van der Waals surface area contributed by atoms with E-state index in [-0.39, 0.29) is 36.7 Å². The van der Waals surface area contributed by atoms with Crippen LogP contribution in [0.3, 0.4) is 0 Å². The van der Waals surface area contributed by atoms with Crippen LogP contribution < -0.4 is 16.1 Å². The summed E-state index contributed by atoms with van der Waals surface area (Å²) in [4.78, 5) is 38.6. The van der Waals surface area contributed by atoms with Gasteiger partial charge in [0.05, 0.1) is 12.6 Å². The molecule has 1 saturated heterocycles. The molecule has 1 unspecified atom stereocenters. The third-order valence-corrected chi connectivity index (χ3v) is 6.54. The molecule has 0 bridgehead atoms. The topological polar surface area (TPSA) is 120 Å². The summed E-state index contributed by atoms with van der Waals surface area (Å²) >= 11 is 11.8. The van der Waals surface area contributed by atoms with Gasteiger partial charge in [-0.15, -0.1) is 0 Å². The molecule has 0 aromatic rings. The quantitative estimate of drug-likeness (QED) is 0.183. The van der Waals surface area contributed by atoms with E-state index >= 15 is 0 Å². The van der Waals surface area contributed by atoms with E-state index < -0.39 is 28.7 Å². The first-order valence-electron chi connectivity index (χ1n) is 12.5. The Morgan fingerprint density at radius 3 is 2.49 bits per heavy atom. The molecule has 9 nitrogen and oxygen atoms in total. The van der Waals surface area contributed by atoms with Gasteiger partial charge in [0.15, 0.2) is 6.29 Å². The third-order valence-electron chi connectivity index (χ3n) is 6.32. The minimum absolute atomic E-state index is 0.0416. The van der Waals surface area contributed by atoms with Gasteiger partial charge in [0.25, 0.3) is 5.91 Å². The Morgan fingerprint density at radius 2 is 1.86 bits per heavy atom. The molecule has 11 heteroatoms. The molecule has 3 amide bonds. The summed E-state index contributed by atoms with van der Waals surface area (Å²) in [7, 11) is 0. The first kappa shape index (κ1) is 29.8. The Labute approximate surface area is 218 Å². The van der Waals surface area contributed by atoms with E-state index in [1.807, 2.05) is 6.92 Å². The van der Waals surface area contributed by atoms with E-state index in [0.29, 0.717) is 19.4 Å². The van der Waals surface area contributed by atoms with Gasteiger partial charge in [0.1, 0.15) is 16.4 Å². The number of nitrogens with zero attached hydrogens (tertiary/aromatic N) is 1. The summed E-state index contributed by atoms with van der Waals surface area (Å²) in [5.74, 6) is -0.864. The Balaban J connectivity index is 1.97. The lowest BCUT2D eigenvalue weighted by atomic mass is 9.83. The van der Waals surface area contributed by atoms with Crippen LogP contribution in [-0.2, 0) is 19.1 Å². The van der Waals surface area contributed by atoms with Crippen molar-refractivity contribution in [3.05, 3.63) is 12.2 Å². The van der Waals surface area contributed by atoms with Crippen LogP contribution in [0, 0.1) is 5.92 Å². The van der Waals surface area contributed by atoms with E-state index in [0.717, 1.165) is 32.1 Å². The average Bonchev–Trinajstić information content (AvgIpc) is 2.84. The number of hydrogen-bond donors (Lipinski definition) is 4. The van der Waals surface area contributed by atoms with Gasteiger partial charge >= 0.3 is 0 Å². The highest BCUT2D eigenvalue weighted by atomic mass is 35.5. The van der Waals surface area contributed by atoms with Crippen LogP contribution in [0.15, 0.2) is 12.2 Å². The second kappa shape index (κ2) is 14.4. The van der Waals surface area contributed by atoms with Crippen molar-refractivity contribution < 1.29 is 24.2 Å². The highest BCUT2D eigenvalue weighted by molar-refractivity contribution is 6.48. The Hall–Kier alpha value is -1.39. The average molecular weight is 536 g/mol. The summed E-state index contributed by atoms with van der Waals surface area (Å²) < 4.78 is 4.20. The number of carbonyl (C=O) groups excluding carboxylic acids is 3. The van der Waals surface area contributed by atoms with Crippen LogP contribution >= 0.6 is 23.2 Å². The molecule has 4 N–H and O–H groups in total. The maximum Gasteiger partial charge on any atom is 0.258 e. The molecule has 0 aromatic heterocycles. The summed E-state index contributed by atoms with van der Waals surface area (Å²) in [5.41, 5.74) is 2.99. The Bertz CT molecular complexity index is 740. The molecule has 1 aliphatic carbocycles. The van der Waals surface area contributed by atoms with Crippen molar-refractivity contribution >= 4 is 40.9 Å². The zero-order valence-electron chi connectivity index (χ0n) is 20.9. The number of allylic oxidation sites excluding steroid dienone is 1. The number of carbonyl (C=O) groups is 3. The van der Waals surface area contributed by atoms with Gasteiger partial charge < -0.3 is 20.5 Å². The lowest BCUT2D eigenvalue weighted by Gasteiger charge is -2.37. The minimum atomic E-state index is -1.20. The molecule has 35 heavy (non-hydrogen) atoms. The van der Waals surface area contributed by atoms with Gasteiger partial charge in [-0.3, -0.25) is 19.4 Å². The summed E-state index contributed by atoms with van der Waals surface area (Å²) in [6, 6.07) is -2.02. The van der Waals surface area contributed by atoms with Crippen molar-refractivity contribution in [3.63, 3.8) is 0 Å². The number of hydrogen-bond acceptors (Lipinski definition) is 6. The van der Waals surface area contributed by atoms with Crippen LogP contribution in [0.2, 0.25) is 0 Å². The molecule has 0 spiro atoms. The predicted octanol–water partition coefficient (Wildman–Crippen LogP) is 2.55. The van der Waals surface area contributed by atoms with Crippen LogP contribution in [0.4, 0.5) is 0 Å². The number of hydrazine groups is 1. The first-order chi connectivity index (χ1) is 16.5. The zero-order valence-corrected chi connectivity index (χ0v) is 22.4. The van der Waals surface area contributed by atoms with Crippen LogP contribution in [0.5, 0.6) is 0 Å². The third kappa shape index (κ3) is 10.2. The molecule has 2 fully saturated rings. The SMILES string of the molecule is C/C=C/CC(=O)N[C@H](C(=O)N[C@@H](C)C(=O)N1CCC[C@@H](C(O)OCC(C)(Cl)Cl)N1)C1CCCCC1. The highest BCUT2D eigenvalue weighted by Gasteiger charge is 2.35. The molecule has 1 heterocycles. The highest BCUT2D eigenvalue weighted by Crippen LogP contribution is 2.27. The Kier molecular flexibility index (Phi) is 12.3. The fourth-order valence-electron chi connectivity index (χ4n) is 4.45. The van der Waals surface area contributed by atoms with Crippen LogP contribution in [0.1, 0.15) is 72.1 Å². The lowest BCUT2D eigenvalue weighted by molar-refractivity contribution is -0.156. The number of aliphatic hydroxyl groups is 1. The number of nitrogens with one attached hydrogen (secondary N) is 3. The standard InChI is InChI=1S/C24H40Cl2N4O5/c1-4-5-13-19(31)28-20(17-10-7-6-8-11-17)21(32)27-16(2)22(33)30-14-9-12-18(29-30)23(34)35-15-24(3,25)26/h4-5,16-18,20,23,29,34H,6-15H2,1-3H3,(H,27,32)(H,28,31)/b5-4+/t16-,18-,20-,23?/m0/s1. The van der Waals surface area contributed by atoms with Gasteiger partial charge in [-0.05, 0) is 52.4 Å². The smallest absolute Gasteiger partial charge is 0.258 e. The van der Waals surface area contributed by atoms with Gasteiger partial charge in [-0.1, -0.05) is 54.6 Å². The largest absolute Gasteiger partial charge is 0.367 e. The van der Waals surface area contributed by atoms with E-state index in [1.165, 1.54) is 5.01 Å².